The van der Waals surface area contributed by atoms with Crippen molar-refractivity contribution in [3.05, 3.63) is 58.6 Å². The number of alkyl halides is 3. The summed E-state index contributed by atoms with van der Waals surface area (Å²) in [4.78, 5) is 27.6. The number of nitrogens with one attached hydrogen (secondary N) is 1. The number of rotatable bonds is 9. The molecule has 8 nitrogen and oxygen atoms in total. The van der Waals surface area contributed by atoms with Crippen LogP contribution in [0.2, 0.25) is 5.02 Å². The van der Waals surface area contributed by atoms with Gasteiger partial charge in [0.1, 0.15) is 18.3 Å². The van der Waals surface area contributed by atoms with Gasteiger partial charge in [-0.15, -0.1) is 0 Å². The third-order valence-electron chi connectivity index (χ3n) is 5.40. The number of amides is 2. The predicted octanol–water partition coefficient (Wildman–Crippen LogP) is 4.47. The van der Waals surface area contributed by atoms with Crippen molar-refractivity contribution in [3.8, 4) is 5.75 Å². The summed E-state index contributed by atoms with van der Waals surface area (Å²) in [7, 11) is -2.73. The highest BCUT2D eigenvalue weighted by molar-refractivity contribution is 7.92. The second-order valence-corrected chi connectivity index (χ2v) is 12.0. The number of methoxy groups -OCH3 is 1. The maximum Gasteiger partial charge on any atom is 0.417 e. The highest BCUT2D eigenvalue weighted by atomic mass is 35.5. The molecule has 0 aliphatic heterocycles. The van der Waals surface area contributed by atoms with Crippen LogP contribution in [0.3, 0.4) is 0 Å². The van der Waals surface area contributed by atoms with Gasteiger partial charge in [0.15, 0.2) is 0 Å². The molecule has 0 unspecified atom stereocenters. The Morgan fingerprint density at radius 2 is 1.66 bits per heavy atom. The SMILES string of the molecule is COc1ccc(CN(C(=O)CN(c2ccc(Cl)c(C(F)(F)F)c2)S(C)(=O)=O)[C@H](C)C(=O)NC(C)(C)C)cc1. The van der Waals surface area contributed by atoms with E-state index in [0.717, 1.165) is 18.4 Å². The van der Waals surface area contributed by atoms with Crippen molar-refractivity contribution in [2.24, 2.45) is 0 Å². The Labute approximate surface area is 225 Å². The van der Waals surface area contributed by atoms with Gasteiger partial charge in [0, 0.05) is 12.1 Å². The highest BCUT2D eigenvalue weighted by Crippen LogP contribution is 2.37. The minimum atomic E-state index is -4.85. The predicted molar refractivity (Wildman–Crippen MR) is 140 cm³/mol. The van der Waals surface area contributed by atoms with Gasteiger partial charge in [0.05, 0.1) is 29.6 Å². The van der Waals surface area contributed by atoms with Gasteiger partial charge < -0.3 is 15.0 Å². The molecule has 38 heavy (non-hydrogen) atoms. The fourth-order valence-corrected chi connectivity index (χ4v) is 4.55. The molecule has 0 bridgehead atoms. The van der Waals surface area contributed by atoms with E-state index in [2.05, 4.69) is 5.32 Å². The Bertz CT molecular complexity index is 1260. The molecule has 0 aliphatic rings. The number of carbonyl (C=O) groups is 2. The average Bonchev–Trinajstić information content (AvgIpc) is 2.78. The molecule has 0 saturated carbocycles. The molecule has 0 fully saturated rings. The Morgan fingerprint density at radius 3 is 2.13 bits per heavy atom. The van der Waals surface area contributed by atoms with Gasteiger partial charge in [-0.3, -0.25) is 13.9 Å². The zero-order valence-electron chi connectivity index (χ0n) is 21.9. The van der Waals surface area contributed by atoms with Crippen molar-refractivity contribution >= 4 is 39.1 Å². The molecule has 210 valence electrons. The molecule has 2 aromatic carbocycles. The lowest BCUT2D eigenvalue weighted by molar-refractivity contribution is -0.140. The van der Waals surface area contributed by atoms with Crippen molar-refractivity contribution in [2.75, 3.05) is 24.2 Å². The molecule has 2 amide bonds. The van der Waals surface area contributed by atoms with Gasteiger partial charge in [-0.2, -0.15) is 13.2 Å². The summed E-state index contributed by atoms with van der Waals surface area (Å²) in [6, 6.07) is 8.20. The van der Waals surface area contributed by atoms with Crippen LogP contribution in [0.4, 0.5) is 18.9 Å². The van der Waals surface area contributed by atoms with Gasteiger partial charge in [-0.1, -0.05) is 23.7 Å². The summed E-state index contributed by atoms with van der Waals surface area (Å²) in [5, 5.41) is 2.16. The molecule has 0 heterocycles. The van der Waals surface area contributed by atoms with Crippen LogP contribution in [0.25, 0.3) is 0 Å². The van der Waals surface area contributed by atoms with Gasteiger partial charge in [-0.05, 0) is 63.6 Å². The molecule has 0 aliphatic carbocycles. The topological polar surface area (TPSA) is 96.0 Å². The van der Waals surface area contributed by atoms with E-state index < -0.39 is 62.4 Å². The Hall–Kier alpha value is -2.99. The van der Waals surface area contributed by atoms with Crippen LogP contribution in [0.5, 0.6) is 5.75 Å². The molecule has 1 N–H and O–H groups in total. The summed E-state index contributed by atoms with van der Waals surface area (Å²) in [5.74, 6) is -0.723. The Balaban J connectivity index is 2.49. The van der Waals surface area contributed by atoms with E-state index >= 15 is 0 Å². The van der Waals surface area contributed by atoms with E-state index in [1.54, 1.807) is 45.0 Å². The molecule has 0 saturated heterocycles. The van der Waals surface area contributed by atoms with Crippen LogP contribution in [0.15, 0.2) is 42.5 Å². The standard InChI is InChI=1S/C25H31ClF3N3O5S/c1-16(23(34)30-24(2,3)4)31(14-17-7-10-19(37-5)11-8-17)22(33)15-32(38(6,35)36)18-9-12-21(26)20(13-18)25(27,28)29/h7-13,16H,14-15H2,1-6H3,(H,30,34)/t16-/m1/s1. The van der Waals surface area contributed by atoms with Crippen LogP contribution in [-0.2, 0) is 32.3 Å². The summed E-state index contributed by atoms with van der Waals surface area (Å²) in [6.45, 7) is 5.85. The second kappa shape index (κ2) is 11.8. The van der Waals surface area contributed by atoms with Crippen molar-refractivity contribution in [3.63, 3.8) is 0 Å². The third kappa shape index (κ3) is 8.52. The highest BCUT2D eigenvalue weighted by Gasteiger charge is 2.36. The largest absolute Gasteiger partial charge is 0.497 e. The van der Waals surface area contributed by atoms with Gasteiger partial charge in [0.2, 0.25) is 21.8 Å². The van der Waals surface area contributed by atoms with E-state index in [0.29, 0.717) is 21.7 Å². The van der Waals surface area contributed by atoms with Crippen LogP contribution in [0, 0.1) is 0 Å². The first kappa shape index (κ1) is 31.2. The maximum atomic E-state index is 13.5. The number of anilines is 1. The van der Waals surface area contributed by atoms with Crippen molar-refractivity contribution in [1.82, 2.24) is 10.2 Å². The lowest BCUT2D eigenvalue weighted by atomic mass is 10.1. The van der Waals surface area contributed by atoms with E-state index in [9.17, 15) is 31.2 Å². The van der Waals surface area contributed by atoms with Crippen LogP contribution >= 0.6 is 11.6 Å². The number of ether oxygens (including phenoxy) is 1. The molecular weight excluding hydrogens is 547 g/mol. The summed E-state index contributed by atoms with van der Waals surface area (Å²) in [6.07, 6.45) is -4.08. The monoisotopic (exact) mass is 577 g/mol. The summed E-state index contributed by atoms with van der Waals surface area (Å²) >= 11 is 5.68. The zero-order valence-corrected chi connectivity index (χ0v) is 23.5. The maximum absolute atomic E-state index is 13.5. The number of nitrogens with zero attached hydrogens (tertiary/aromatic N) is 2. The van der Waals surface area contributed by atoms with Crippen molar-refractivity contribution in [1.29, 1.82) is 0 Å². The molecule has 13 heteroatoms. The number of carbonyl (C=O) groups excluding carboxylic acids is 2. The second-order valence-electron chi connectivity index (χ2n) is 9.72. The Morgan fingerprint density at radius 1 is 1.08 bits per heavy atom. The summed E-state index contributed by atoms with van der Waals surface area (Å²) < 4.78 is 71.2. The molecule has 0 aromatic heterocycles. The van der Waals surface area contributed by atoms with E-state index in [4.69, 9.17) is 16.3 Å². The lowest BCUT2D eigenvalue weighted by Crippen LogP contribution is -2.54. The zero-order chi connectivity index (χ0) is 29.1. The lowest BCUT2D eigenvalue weighted by Gasteiger charge is -2.33. The minimum Gasteiger partial charge on any atom is -0.497 e. The van der Waals surface area contributed by atoms with Gasteiger partial charge in [0.25, 0.3) is 0 Å². The fraction of sp³-hybridized carbons (Fsp3) is 0.440. The van der Waals surface area contributed by atoms with E-state index in [1.165, 1.54) is 18.9 Å². The number of halogens is 4. The molecule has 2 rings (SSSR count). The molecule has 0 radical (unpaired) electrons. The quantitative estimate of drug-likeness (QED) is 0.475. The number of sulfonamides is 1. The molecule has 1 atom stereocenters. The molecule has 0 spiro atoms. The van der Waals surface area contributed by atoms with Gasteiger partial charge >= 0.3 is 6.18 Å². The number of benzene rings is 2. The van der Waals surface area contributed by atoms with Crippen LogP contribution < -0.4 is 14.4 Å². The average molecular weight is 578 g/mol. The number of hydrogen-bond donors (Lipinski definition) is 1. The fourth-order valence-electron chi connectivity index (χ4n) is 3.48. The minimum absolute atomic E-state index is 0.0758. The number of hydrogen-bond acceptors (Lipinski definition) is 5. The van der Waals surface area contributed by atoms with Crippen molar-refractivity contribution < 1.29 is 35.9 Å². The third-order valence-corrected chi connectivity index (χ3v) is 6.87. The normalized spacial score (nSPS) is 13.0. The van der Waals surface area contributed by atoms with Crippen LogP contribution in [-0.4, -0.2) is 56.6 Å². The molecule has 2 aromatic rings. The Kier molecular flexibility index (Phi) is 9.71. The van der Waals surface area contributed by atoms with Gasteiger partial charge in [-0.25, -0.2) is 8.42 Å². The smallest absolute Gasteiger partial charge is 0.417 e. The first-order chi connectivity index (χ1) is 17.3. The van der Waals surface area contributed by atoms with E-state index in [-0.39, 0.29) is 6.54 Å². The van der Waals surface area contributed by atoms with Crippen LogP contribution in [0.1, 0.15) is 38.8 Å². The molecular formula is C25H31ClF3N3O5S. The first-order valence-electron chi connectivity index (χ1n) is 11.4. The summed E-state index contributed by atoms with van der Waals surface area (Å²) in [5.41, 5.74) is -1.64. The van der Waals surface area contributed by atoms with Crippen molar-refractivity contribution in [2.45, 2.75) is 52.0 Å². The van der Waals surface area contributed by atoms with E-state index in [1.807, 2.05) is 0 Å². The first-order valence-corrected chi connectivity index (χ1v) is 13.6.